The van der Waals surface area contributed by atoms with Gasteiger partial charge in [0.2, 0.25) is 5.91 Å². The minimum Gasteiger partial charge on any atom is -0.497 e. The molecule has 2 aliphatic heterocycles. The molecule has 0 bridgehead atoms. The molecular formula is C23H25ClN2O4. The van der Waals surface area contributed by atoms with Gasteiger partial charge in [0.25, 0.3) is 5.91 Å². The lowest BCUT2D eigenvalue weighted by molar-refractivity contribution is -0.139. The van der Waals surface area contributed by atoms with Crippen LogP contribution in [-0.2, 0) is 9.53 Å². The zero-order valence-electron chi connectivity index (χ0n) is 16.9. The van der Waals surface area contributed by atoms with Crippen LogP contribution < -0.4 is 4.74 Å². The highest BCUT2D eigenvalue weighted by Crippen LogP contribution is 2.36. The first-order chi connectivity index (χ1) is 14.6. The fourth-order valence-corrected chi connectivity index (χ4v) is 4.45. The summed E-state index contributed by atoms with van der Waals surface area (Å²) in [6.07, 6.45) is 0. The van der Waals surface area contributed by atoms with Gasteiger partial charge in [0, 0.05) is 32.1 Å². The van der Waals surface area contributed by atoms with Gasteiger partial charge in [-0.05, 0) is 29.8 Å². The third-order valence-electron chi connectivity index (χ3n) is 5.90. The topological polar surface area (TPSA) is 59.1 Å². The first kappa shape index (κ1) is 20.7. The Morgan fingerprint density at radius 1 is 1.00 bits per heavy atom. The summed E-state index contributed by atoms with van der Waals surface area (Å²) in [5.41, 5.74) is 1.49. The number of morpholine rings is 1. The molecule has 2 heterocycles. The maximum absolute atomic E-state index is 13.4. The molecule has 158 valence electrons. The van der Waals surface area contributed by atoms with E-state index in [1.165, 1.54) is 0 Å². The minimum absolute atomic E-state index is 0.0774. The number of hydrogen-bond donors (Lipinski definition) is 0. The number of methoxy groups -OCH3 is 1. The number of benzene rings is 2. The average molecular weight is 429 g/mol. The van der Waals surface area contributed by atoms with Crippen molar-refractivity contribution in [2.45, 2.75) is 5.92 Å². The van der Waals surface area contributed by atoms with Crippen LogP contribution in [0.5, 0.6) is 5.75 Å². The van der Waals surface area contributed by atoms with Crippen molar-refractivity contribution in [1.29, 1.82) is 0 Å². The van der Waals surface area contributed by atoms with Gasteiger partial charge >= 0.3 is 0 Å². The molecule has 2 amide bonds. The third kappa shape index (κ3) is 4.16. The third-order valence-corrected chi connectivity index (χ3v) is 6.22. The normalized spacial score (nSPS) is 21.5. The van der Waals surface area contributed by atoms with Gasteiger partial charge in [-0.2, -0.15) is 0 Å². The number of nitrogens with zero attached hydrogens (tertiary/aromatic N) is 2. The van der Waals surface area contributed by atoms with Crippen molar-refractivity contribution < 1.29 is 19.1 Å². The minimum atomic E-state index is -0.303. The second-order valence-corrected chi connectivity index (χ2v) is 8.02. The van der Waals surface area contributed by atoms with Gasteiger partial charge in [0.15, 0.2) is 0 Å². The second-order valence-electron chi connectivity index (χ2n) is 7.61. The van der Waals surface area contributed by atoms with Crippen LogP contribution in [0.2, 0.25) is 5.02 Å². The maximum atomic E-state index is 13.4. The molecule has 2 aromatic rings. The molecule has 2 fully saturated rings. The highest BCUT2D eigenvalue weighted by atomic mass is 35.5. The summed E-state index contributed by atoms with van der Waals surface area (Å²) in [6, 6.07) is 14.8. The Bertz CT molecular complexity index is 912. The Morgan fingerprint density at radius 3 is 2.37 bits per heavy atom. The molecule has 0 N–H and O–H groups in total. The van der Waals surface area contributed by atoms with E-state index in [0.29, 0.717) is 50.0 Å². The van der Waals surface area contributed by atoms with Gasteiger partial charge in [-0.3, -0.25) is 9.59 Å². The number of likely N-dealkylation sites (tertiary alicyclic amines) is 1. The molecule has 7 heteroatoms. The summed E-state index contributed by atoms with van der Waals surface area (Å²) in [5, 5.41) is 0.423. The van der Waals surface area contributed by atoms with Crippen LogP contribution in [0.15, 0.2) is 48.5 Å². The second kappa shape index (κ2) is 9.06. The number of amides is 2. The monoisotopic (exact) mass is 428 g/mol. The number of hydrogen-bond acceptors (Lipinski definition) is 4. The molecule has 2 aliphatic rings. The van der Waals surface area contributed by atoms with Crippen LogP contribution in [0, 0.1) is 5.92 Å². The lowest BCUT2D eigenvalue weighted by Gasteiger charge is -2.30. The lowest BCUT2D eigenvalue weighted by atomic mass is 9.88. The van der Waals surface area contributed by atoms with E-state index in [2.05, 4.69) is 0 Å². The fourth-order valence-electron chi connectivity index (χ4n) is 4.23. The first-order valence-corrected chi connectivity index (χ1v) is 10.5. The van der Waals surface area contributed by atoms with Crippen LogP contribution in [0.4, 0.5) is 0 Å². The molecule has 0 saturated carbocycles. The zero-order valence-corrected chi connectivity index (χ0v) is 17.7. The van der Waals surface area contributed by atoms with E-state index in [-0.39, 0.29) is 23.7 Å². The molecule has 2 unspecified atom stereocenters. The zero-order chi connectivity index (χ0) is 21.1. The molecule has 0 radical (unpaired) electrons. The Labute approximate surface area is 181 Å². The van der Waals surface area contributed by atoms with Crippen molar-refractivity contribution >= 4 is 23.4 Å². The lowest BCUT2D eigenvalue weighted by Crippen LogP contribution is -2.45. The number of carbonyl (C=O) groups is 2. The van der Waals surface area contributed by atoms with Crippen LogP contribution in [0.1, 0.15) is 21.8 Å². The average Bonchev–Trinajstić information content (AvgIpc) is 3.24. The predicted molar refractivity (Wildman–Crippen MR) is 114 cm³/mol. The molecular weight excluding hydrogens is 404 g/mol. The molecule has 0 spiro atoms. The number of carbonyl (C=O) groups excluding carboxylic acids is 2. The van der Waals surface area contributed by atoms with Crippen LogP contribution in [0.25, 0.3) is 0 Å². The quantitative estimate of drug-likeness (QED) is 0.751. The van der Waals surface area contributed by atoms with Gasteiger partial charge in [0.05, 0.1) is 36.8 Å². The van der Waals surface area contributed by atoms with E-state index in [1.54, 1.807) is 36.3 Å². The molecule has 2 saturated heterocycles. The Kier molecular flexibility index (Phi) is 6.25. The van der Waals surface area contributed by atoms with Gasteiger partial charge < -0.3 is 19.3 Å². The fraction of sp³-hybridized carbons (Fsp3) is 0.391. The van der Waals surface area contributed by atoms with Gasteiger partial charge in [-0.25, -0.2) is 0 Å². The van der Waals surface area contributed by atoms with Gasteiger partial charge in [0.1, 0.15) is 5.75 Å². The van der Waals surface area contributed by atoms with Crippen LogP contribution in [-0.4, -0.2) is 68.1 Å². The Morgan fingerprint density at radius 2 is 1.70 bits per heavy atom. The van der Waals surface area contributed by atoms with E-state index >= 15 is 0 Å². The maximum Gasteiger partial charge on any atom is 0.255 e. The molecule has 2 aromatic carbocycles. The first-order valence-electron chi connectivity index (χ1n) is 10.1. The Balaban J connectivity index is 1.61. The summed E-state index contributed by atoms with van der Waals surface area (Å²) in [5.74, 6) is 0.308. The molecule has 0 aliphatic carbocycles. The van der Waals surface area contributed by atoms with E-state index < -0.39 is 0 Å². The predicted octanol–water partition coefficient (Wildman–Crippen LogP) is 3.06. The van der Waals surface area contributed by atoms with E-state index in [4.69, 9.17) is 21.1 Å². The van der Waals surface area contributed by atoms with Crippen molar-refractivity contribution in [2.75, 3.05) is 46.5 Å². The van der Waals surface area contributed by atoms with Crippen LogP contribution in [0.3, 0.4) is 0 Å². The van der Waals surface area contributed by atoms with Crippen molar-refractivity contribution in [2.24, 2.45) is 5.92 Å². The standard InChI is InChI=1S/C23H25ClN2O4/c1-29-17-8-6-16(7-9-17)19-14-26(22(27)18-4-2-3-5-21(18)24)15-20(19)23(28)25-10-12-30-13-11-25/h2-9,19-20H,10-15H2,1H3. The smallest absolute Gasteiger partial charge is 0.255 e. The van der Waals surface area contributed by atoms with Crippen molar-refractivity contribution in [3.8, 4) is 5.75 Å². The number of rotatable bonds is 4. The largest absolute Gasteiger partial charge is 0.497 e. The summed E-state index contributed by atoms with van der Waals surface area (Å²) in [7, 11) is 1.62. The SMILES string of the molecule is COc1ccc(C2CN(C(=O)c3ccccc3Cl)CC2C(=O)N2CCOCC2)cc1. The van der Waals surface area contributed by atoms with Crippen molar-refractivity contribution in [3.05, 3.63) is 64.7 Å². The molecule has 2 atom stereocenters. The van der Waals surface area contributed by atoms with E-state index in [0.717, 1.165) is 11.3 Å². The molecule has 0 aromatic heterocycles. The summed E-state index contributed by atoms with van der Waals surface area (Å²) >= 11 is 6.25. The van der Waals surface area contributed by atoms with Gasteiger partial charge in [-0.15, -0.1) is 0 Å². The Hall–Kier alpha value is -2.57. The summed E-state index contributed by atoms with van der Waals surface area (Å²) < 4.78 is 10.7. The van der Waals surface area contributed by atoms with E-state index in [9.17, 15) is 9.59 Å². The van der Waals surface area contributed by atoms with Gasteiger partial charge in [-0.1, -0.05) is 35.9 Å². The number of ether oxygens (including phenoxy) is 2. The molecule has 30 heavy (non-hydrogen) atoms. The number of halogens is 1. The van der Waals surface area contributed by atoms with Crippen molar-refractivity contribution in [3.63, 3.8) is 0 Å². The summed E-state index contributed by atoms with van der Waals surface area (Å²) in [4.78, 5) is 30.1. The van der Waals surface area contributed by atoms with Crippen molar-refractivity contribution in [1.82, 2.24) is 9.80 Å². The van der Waals surface area contributed by atoms with Crippen LogP contribution >= 0.6 is 11.6 Å². The highest BCUT2D eigenvalue weighted by molar-refractivity contribution is 6.33. The van der Waals surface area contributed by atoms with E-state index in [1.807, 2.05) is 29.2 Å². The highest BCUT2D eigenvalue weighted by Gasteiger charge is 2.42. The summed E-state index contributed by atoms with van der Waals surface area (Å²) in [6.45, 7) is 3.11. The molecule has 4 rings (SSSR count). The molecule has 6 nitrogen and oxygen atoms in total.